The molecule has 0 unspecified atom stereocenters. The van der Waals surface area contributed by atoms with Gasteiger partial charge in [-0.3, -0.25) is 0 Å². The van der Waals surface area contributed by atoms with Gasteiger partial charge in [0, 0.05) is 29.6 Å². The van der Waals surface area contributed by atoms with Crippen LogP contribution in [0.2, 0.25) is 0 Å². The normalized spacial score (nSPS) is 14.4. The molecule has 7 nitrogen and oxygen atoms in total. The van der Waals surface area contributed by atoms with Crippen LogP contribution in [0.1, 0.15) is 63.6 Å². The van der Waals surface area contributed by atoms with Crippen LogP contribution in [0, 0.1) is 0 Å². The summed E-state index contributed by atoms with van der Waals surface area (Å²) in [4.78, 5) is 14.3. The van der Waals surface area contributed by atoms with Gasteiger partial charge < -0.3 is 11.1 Å². The second-order valence-corrected chi connectivity index (χ2v) is 9.17. The average Bonchev–Trinajstić information content (AvgIpc) is 3.52. The zero-order chi connectivity index (χ0) is 22.9. The smallest absolute Gasteiger partial charge is 0.151 e. The molecule has 0 spiro atoms. The van der Waals surface area contributed by atoms with Crippen LogP contribution in [-0.4, -0.2) is 30.8 Å². The van der Waals surface area contributed by atoms with E-state index in [-0.39, 0.29) is 0 Å². The molecule has 5 rings (SSSR count). The number of rotatable bonds is 6. The van der Waals surface area contributed by atoms with Crippen LogP contribution >= 0.6 is 0 Å². The van der Waals surface area contributed by atoms with Gasteiger partial charge in [0.2, 0.25) is 0 Å². The van der Waals surface area contributed by atoms with E-state index in [1.165, 1.54) is 31.2 Å². The Kier molecular flexibility index (Phi) is 5.70. The molecule has 0 bridgehead atoms. The highest BCUT2D eigenvalue weighted by Gasteiger charge is 2.20. The van der Waals surface area contributed by atoms with E-state index >= 15 is 0 Å². The average molecular weight is 442 g/mol. The molecular formula is C26H31N7. The molecule has 1 aliphatic carbocycles. The Hall–Kier alpha value is -3.48. The lowest BCUT2D eigenvalue weighted by Gasteiger charge is -2.17. The Morgan fingerprint density at radius 1 is 1.06 bits per heavy atom. The first-order valence-electron chi connectivity index (χ1n) is 11.9. The Morgan fingerprint density at radius 2 is 1.82 bits per heavy atom. The maximum atomic E-state index is 6.22. The molecule has 0 radical (unpaired) electrons. The molecule has 1 fully saturated rings. The topological polar surface area (TPSA) is 94.5 Å². The van der Waals surface area contributed by atoms with Crippen LogP contribution in [0.3, 0.4) is 0 Å². The first-order chi connectivity index (χ1) is 16.0. The van der Waals surface area contributed by atoms with E-state index in [2.05, 4.69) is 60.4 Å². The lowest BCUT2D eigenvalue weighted by molar-refractivity contribution is 0.747. The van der Waals surface area contributed by atoms with Crippen molar-refractivity contribution in [2.75, 3.05) is 11.1 Å². The second kappa shape index (κ2) is 8.81. The molecule has 3 N–H and O–H groups in total. The fraction of sp³-hybridized carbons (Fsp3) is 0.385. The van der Waals surface area contributed by atoms with Gasteiger partial charge in [0.05, 0.1) is 17.6 Å². The molecule has 1 saturated carbocycles. The first kappa shape index (κ1) is 21.4. The van der Waals surface area contributed by atoms with Crippen molar-refractivity contribution in [1.82, 2.24) is 24.7 Å². The number of aryl methyl sites for hydroxylation is 1. The molecule has 33 heavy (non-hydrogen) atoms. The lowest BCUT2D eigenvalue weighted by Crippen LogP contribution is -2.18. The van der Waals surface area contributed by atoms with Crippen molar-refractivity contribution in [1.29, 1.82) is 0 Å². The van der Waals surface area contributed by atoms with Crippen molar-refractivity contribution in [3.05, 3.63) is 54.1 Å². The third-order valence-corrected chi connectivity index (χ3v) is 6.55. The van der Waals surface area contributed by atoms with E-state index in [4.69, 9.17) is 15.7 Å². The van der Waals surface area contributed by atoms with Gasteiger partial charge in [-0.05, 0) is 42.9 Å². The number of hydrogen-bond donors (Lipinski definition) is 2. The number of fused-ring (bicyclic) bond motifs is 1. The first-order valence-corrected chi connectivity index (χ1v) is 11.9. The van der Waals surface area contributed by atoms with Crippen LogP contribution in [0.25, 0.3) is 27.8 Å². The standard InChI is InChI=1S/C26H31N7/c1-4-22-26(30-19-7-5-6-8-19)32-23-21(14-28-25(27)24(23)31-22)18-13-29-33(15-18)20-11-9-17(10-12-20)16(2)3/h9-16,19H,4-8H2,1-3H3,(H2,27,28)(H,30,32). The SMILES string of the molecule is CCc1nc2c(N)ncc(-c3cnn(-c4ccc(C(C)C)cc4)c3)c2nc1NC1CCCC1. The molecule has 0 atom stereocenters. The van der Waals surface area contributed by atoms with E-state index in [1.807, 2.05) is 17.1 Å². The Balaban J connectivity index is 1.56. The predicted molar refractivity (Wildman–Crippen MR) is 134 cm³/mol. The van der Waals surface area contributed by atoms with E-state index in [0.717, 1.165) is 40.3 Å². The third-order valence-electron chi connectivity index (χ3n) is 6.55. The minimum atomic E-state index is 0.403. The summed E-state index contributed by atoms with van der Waals surface area (Å²) in [6.07, 6.45) is 11.3. The highest BCUT2D eigenvalue weighted by Crippen LogP contribution is 2.32. The molecule has 0 saturated heterocycles. The number of nitrogens with two attached hydrogens (primary N) is 1. The van der Waals surface area contributed by atoms with Gasteiger partial charge in [-0.2, -0.15) is 5.10 Å². The van der Waals surface area contributed by atoms with Gasteiger partial charge in [-0.25, -0.2) is 19.6 Å². The summed E-state index contributed by atoms with van der Waals surface area (Å²) in [7, 11) is 0. The van der Waals surface area contributed by atoms with Gasteiger partial charge in [-0.15, -0.1) is 0 Å². The van der Waals surface area contributed by atoms with E-state index in [0.29, 0.717) is 23.3 Å². The maximum absolute atomic E-state index is 6.22. The fourth-order valence-electron chi connectivity index (χ4n) is 4.54. The van der Waals surface area contributed by atoms with Gasteiger partial charge in [0.25, 0.3) is 0 Å². The zero-order valence-electron chi connectivity index (χ0n) is 19.5. The lowest BCUT2D eigenvalue weighted by atomic mass is 10.0. The van der Waals surface area contributed by atoms with Crippen molar-refractivity contribution in [2.24, 2.45) is 0 Å². The predicted octanol–water partition coefficient (Wildman–Crippen LogP) is 5.50. The van der Waals surface area contributed by atoms with Crippen LogP contribution in [0.4, 0.5) is 11.6 Å². The summed E-state index contributed by atoms with van der Waals surface area (Å²) in [5.41, 5.74) is 12.7. The van der Waals surface area contributed by atoms with Crippen molar-refractivity contribution >= 4 is 22.7 Å². The van der Waals surface area contributed by atoms with E-state index in [9.17, 15) is 0 Å². The summed E-state index contributed by atoms with van der Waals surface area (Å²) in [5.74, 6) is 1.76. The summed E-state index contributed by atoms with van der Waals surface area (Å²) in [6, 6.07) is 8.96. The number of anilines is 2. The summed E-state index contributed by atoms with van der Waals surface area (Å²) in [6.45, 7) is 6.49. The van der Waals surface area contributed by atoms with Crippen molar-refractivity contribution < 1.29 is 0 Å². The molecular weight excluding hydrogens is 410 g/mol. The van der Waals surface area contributed by atoms with E-state index < -0.39 is 0 Å². The van der Waals surface area contributed by atoms with Crippen molar-refractivity contribution in [3.63, 3.8) is 0 Å². The molecule has 4 aromatic rings. The van der Waals surface area contributed by atoms with Crippen molar-refractivity contribution in [3.8, 4) is 16.8 Å². The second-order valence-electron chi connectivity index (χ2n) is 9.17. The number of nitrogen functional groups attached to an aromatic ring is 1. The highest BCUT2D eigenvalue weighted by atomic mass is 15.3. The number of nitrogens with one attached hydrogen (secondary N) is 1. The Labute approximate surface area is 194 Å². The number of pyridine rings is 1. The number of hydrogen-bond acceptors (Lipinski definition) is 6. The van der Waals surface area contributed by atoms with Crippen LogP contribution in [0.5, 0.6) is 0 Å². The van der Waals surface area contributed by atoms with Gasteiger partial charge in [0.15, 0.2) is 5.82 Å². The van der Waals surface area contributed by atoms with E-state index in [1.54, 1.807) is 6.20 Å². The van der Waals surface area contributed by atoms with Crippen molar-refractivity contribution in [2.45, 2.75) is 64.8 Å². The molecule has 3 heterocycles. The summed E-state index contributed by atoms with van der Waals surface area (Å²) in [5, 5.41) is 8.24. The molecule has 0 aliphatic heterocycles. The quantitative estimate of drug-likeness (QED) is 0.410. The third kappa shape index (κ3) is 4.15. The maximum Gasteiger partial charge on any atom is 0.151 e. The molecule has 170 valence electrons. The molecule has 0 amide bonds. The van der Waals surface area contributed by atoms with Crippen LogP contribution in [0.15, 0.2) is 42.9 Å². The largest absolute Gasteiger partial charge is 0.382 e. The zero-order valence-corrected chi connectivity index (χ0v) is 19.5. The van der Waals surface area contributed by atoms with Gasteiger partial charge in [0.1, 0.15) is 16.9 Å². The Morgan fingerprint density at radius 3 is 2.52 bits per heavy atom. The molecule has 7 heteroatoms. The molecule has 3 aromatic heterocycles. The molecule has 1 aromatic carbocycles. The van der Waals surface area contributed by atoms with Gasteiger partial charge in [-0.1, -0.05) is 45.7 Å². The molecule has 1 aliphatic rings. The fourth-order valence-corrected chi connectivity index (χ4v) is 4.54. The number of aromatic nitrogens is 5. The van der Waals surface area contributed by atoms with Crippen LogP contribution < -0.4 is 11.1 Å². The number of benzene rings is 1. The minimum absolute atomic E-state index is 0.403. The highest BCUT2D eigenvalue weighted by molar-refractivity contribution is 5.96. The minimum Gasteiger partial charge on any atom is -0.382 e. The van der Waals surface area contributed by atoms with Crippen LogP contribution in [-0.2, 0) is 6.42 Å². The summed E-state index contributed by atoms with van der Waals surface area (Å²) >= 11 is 0. The summed E-state index contributed by atoms with van der Waals surface area (Å²) < 4.78 is 1.88. The van der Waals surface area contributed by atoms with Gasteiger partial charge >= 0.3 is 0 Å². The monoisotopic (exact) mass is 441 g/mol. The Bertz CT molecular complexity index is 1270. The number of nitrogens with zero attached hydrogens (tertiary/aromatic N) is 5.